The predicted molar refractivity (Wildman–Crippen MR) is 247 cm³/mol. The van der Waals surface area contributed by atoms with Crippen molar-refractivity contribution in [2.24, 2.45) is 0 Å². The van der Waals surface area contributed by atoms with E-state index in [4.69, 9.17) is 0 Å². The molecule has 2 aromatic heterocycles. The molecule has 282 valence electrons. The highest BCUT2D eigenvalue weighted by atomic mass is 15.1. The van der Waals surface area contributed by atoms with Gasteiger partial charge in [-0.15, -0.1) is 0 Å². The number of anilines is 3. The lowest BCUT2D eigenvalue weighted by atomic mass is 9.84. The minimum absolute atomic E-state index is 0.429. The Morgan fingerprint density at radius 2 is 1.02 bits per heavy atom. The molecule has 0 radical (unpaired) electrons. The fourth-order valence-electron chi connectivity index (χ4n) is 9.35. The summed E-state index contributed by atoms with van der Waals surface area (Å²) < 4.78 is 4.98. The molecule has 0 saturated heterocycles. The zero-order chi connectivity index (χ0) is 39.0. The third kappa shape index (κ3) is 6.33. The number of hydrogen-bond donors (Lipinski definition) is 0. The summed E-state index contributed by atoms with van der Waals surface area (Å²) >= 11 is 0. The van der Waals surface area contributed by atoms with Crippen molar-refractivity contribution in [2.75, 3.05) is 4.90 Å². The van der Waals surface area contributed by atoms with Gasteiger partial charge in [0.2, 0.25) is 0 Å². The third-order valence-electron chi connectivity index (χ3n) is 12.3. The van der Waals surface area contributed by atoms with Crippen molar-refractivity contribution in [1.82, 2.24) is 9.13 Å². The lowest BCUT2D eigenvalue weighted by Gasteiger charge is -2.26. The van der Waals surface area contributed by atoms with Crippen LogP contribution in [-0.2, 0) is 6.54 Å². The maximum atomic E-state index is 2.56. The van der Waals surface area contributed by atoms with Gasteiger partial charge in [-0.25, -0.2) is 0 Å². The monoisotopic (exact) mass is 749 g/mol. The first-order valence-corrected chi connectivity index (χ1v) is 20.7. The molecule has 2 unspecified atom stereocenters. The van der Waals surface area contributed by atoms with Crippen LogP contribution in [-0.4, -0.2) is 9.13 Å². The standard InChI is InChI=1S/C55H47N3/c1-3-41(37-39(2)42-31-33-47(34-32-42)57(44-17-7-4-8-18-44)45-19-9-5-10-20-45)43-29-27-40(28-30-43)38-56-51-25-15-13-23-48(51)49-35-36-53-54(55(49)56)50-24-14-16-26-52(50)58(53)46-21-11-6-12-22-46/h4-36,39,41H,3,37-38H2,1-2H3. The first-order chi connectivity index (χ1) is 28.7. The van der Waals surface area contributed by atoms with E-state index in [2.05, 4.69) is 228 Å². The van der Waals surface area contributed by atoms with Crippen LogP contribution in [0.25, 0.3) is 49.3 Å². The van der Waals surface area contributed by atoms with Crippen LogP contribution in [0.1, 0.15) is 55.2 Å². The van der Waals surface area contributed by atoms with Gasteiger partial charge < -0.3 is 14.0 Å². The normalized spacial score (nSPS) is 12.7. The highest BCUT2D eigenvalue weighted by Crippen LogP contribution is 2.42. The Kier molecular flexibility index (Phi) is 9.35. The molecule has 0 amide bonds. The van der Waals surface area contributed by atoms with Crippen molar-refractivity contribution in [1.29, 1.82) is 0 Å². The second kappa shape index (κ2) is 15.2. The first-order valence-electron chi connectivity index (χ1n) is 20.7. The molecule has 0 bridgehead atoms. The molecular weight excluding hydrogens is 703 g/mol. The average Bonchev–Trinajstić information content (AvgIpc) is 3.79. The van der Waals surface area contributed by atoms with E-state index in [0.717, 1.165) is 30.8 Å². The molecule has 2 atom stereocenters. The zero-order valence-electron chi connectivity index (χ0n) is 33.2. The van der Waals surface area contributed by atoms with E-state index in [1.54, 1.807) is 0 Å². The van der Waals surface area contributed by atoms with E-state index in [0.29, 0.717) is 11.8 Å². The van der Waals surface area contributed by atoms with E-state index in [1.165, 1.54) is 71.7 Å². The fourth-order valence-corrected chi connectivity index (χ4v) is 9.35. The lowest BCUT2D eigenvalue weighted by molar-refractivity contribution is 0.544. The summed E-state index contributed by atoms with van der Waals surface area (Å²) in [5, 5.41) is 5.20. The molecule has 0 aliphatic heterocycles. The van der Waals surface area contributed by atoms with Gasteiger partial charge in [0.05, 0.1) is 16.6 Å². The highest BCUT2D eigenvalue weighted by molar-refractivity contribution is 6.25. The Labute approximate surface area is 341 Å². The van der Waals surface area contributed by atoms with Crippen LogP contribution in [0.4, 0.5) is 17.1 Å². The number of rotatable bonds is 11. The number of hydrogen-bond acceptors (Lipinski definition) is 1. The van der Waals surface area contributed by atoms with Crippen LogP contribution in [0.15, 0.2) is 200 Å². The zero-order valence-corrected chi connectivity index (χ0v) is 33.2. The van der Waals surface area contributed by atoms with Crippen LogP contribution >= 0.6 is 0 Å². The molecule has 3 heteroatoms. The molecule has 58 heavy (non-hydrogen) atoms. The topological polar surface area (TPSA) is 13.1 Å². The van der Waals surface area contributed by atoms with Gasteiger partial charge in [0.25, 0.3) is 0 Å². The smallest absolute Gasteiger partial charge is 0.0596 e. The summed E-state index contributed by atoms with van der Waals surface area (Å²) in [5.74, 6) is 0.907. The summed E-state index contributed by atoms with van der Waals surface area (Å²) in [6, 6.07) is 73.2. The molecule has 2 heterocycles. The SMILES string of the molecule is CCC(CC(C)c1ccc(N(c2ccccc2)c2ccccc2)cc1)c1ccc(Cn2c3ccccc3c3ccc4c(c5ccccc5n4-c4ccccc4)c32)cc1. The van der Waals surface area contributed by atoms with Crippen molar-refractivity contribution in [3.63, 3.8) is 0 Å². The Bertz CT molecular complexity index is 2940. The van der Waals surface area contributed by atoms with Gasteiger partial charge in [-0.05, 0) is 108 Å². The average molecular weight is 750 g/mol. The summed E-state index contributed by atoms with van der Waals surface area (Å²) in [5.41, 5.74) is 13.8. The molecule has 8 aromatic carbocycles. The van der Waals surface area contributed by atoms with E-state index in [1.807, 2.05) is 0 Å². The molecule has 0 fully saturated rings. The Morgan fingerprint density at radius 1 is 0.466 bits per heavy atom. The Hall–Kier alpha value is -6.84. The summed E-state index contributed by atoms with van der Waals surface area (Å²) in [6.45, 7) is 5.52. The molecule has 0 spiro atoms. The van der Waals surface area contributed by atoms with Gasteiger partial charge in [0, 0.05) is 56.4 Å². The van der Waals surface area contributed by atoms with Gasteiger partial charge in [-0.1, -0.05) is 147 Å². The maximum Gasteiger partial charge on any atom is 0.0596 e. The minimum atomic E-state index is 0.429. The summed E-state index contributed by atoms with van der Waals surface area (Å²) in [4.78, 5) is 2.33. The van der Waals surface area contributed by atoms with Crippen LogP contribution in [0, 0.1) is 0 Å². The highest BCUT2D eigenvalue weighted by Gasteiger charge is 2.21. The number of fused-ring (bicyclic) bond motifs is 7. The van der Waals surface area contributed by atoms with E-state index < -0.39 is 0 Å². The molecule has 0 N–H and O–H groups in total. The predicted octanol–water partition coefficient (Wildman–Crippen LogP) is 15.1. The summed E-state index contributed by atoms with van der Waals surface area (Å²) in [7, 11) is 0. The molecule has 10 aromatic rings. The summed E-state index contributed by atoms with van der Waals surface area (Å²) in [6.07, 6.45) is 2.21. The van der Waals surface area contributed by atoms with Crippen LogP contribution in [0.2, 0.25) is 0 Å². The van der Waals surface area contributed by atoms with E-state index in [-0.39, 0.29) is 0 Å². The van der Waals surface area contributed by atoms with E-state index in [9.17, 15) is 0 Å². The second-order valence-electron chi connectivity index (χ2n) is 15.7. The van der Waals surface area contributed by atoms with Gasteiger partial charge in [-0.3, -0.25) is 0 Å². The maximum absolute atomic E-state index is 2.56. The number of aromatic nitrogens is 2. The Balaban J connectivity index is 0.945. The van der Waals surface area contributed by atoms with Crippen molar-refractivity contribution in [3.05, 3.63) is 217 Å². The quantitative estimate of drug-likeness (QED) is 0.128. The third-order valence-corrected chi connectivity index (χ3v) is 12.3. The van der Waals surface area contributed by atoms with Crippen LogP contribution in [0.3, 0.4) is 0 Å². The Morgan fingerprint density at radius 3 is 1.67 bits per heavy atom. The molecule has 10 rings (SSSR count). The van der Waals surface area contributed by atoms with Crippen LogP contribution in [0.5, 0.6) is 0 Å². The number of benzene rings is 8. The van der Waals surface area contributed by atoms with Gasteiger partial charge in [-0.2, -0.15) is 0 Å². The van der Waals surface area contributed by atoms with Gasteiger partial charge >= 0.3 is 0 Å². The lowest BCUT2D eigenvalue weighted by Crippen LogP contribution is -2.10. The van der Waals surface area contributed by atoms with Crippen LogP contribution < -0.4 is 4.90 Å². The first kappa shape index (κ1) is 35.6. The van der Waals surface area contributed by atoms with Gasteiger partial charge in [0.1, 0.15) is 0 Å². The van der Waals surface area contributed by atoms with Crippen molar-refractivity contribution in [3.8, 4) is 5.69 Å². The van der Waals surface area contributed by atoms with Gasteiger partial charge in [0.15, 0.2) is 0 Å². The van der Waals surface area contributed by atoms with Crippen molar-refractivity contribution < 1.29 is 0 Å². The van der Waals surface area contributed by atoms with Crippen molar-refractivity contribution in [2.45, 2.75) is 45.1 Å². The molecule has 3 nitrogen and oxygen atoms in total. The molecule has 0 aliphatic rings. The number of para-hydroxylation sites is 5. The molecule has 0 saturated carbocycles. The molecular formula is C55H47N3. The van der Waals surface area contributed by atoms with E-state index >= 15 is 0 Å². The second-order valence-corrected chi connectivity index (χ2v) is 15.7. The number of nitrogens with zero attached hydrogens (tertiary/aromatic N) is 3. The van der Waals surface area contributed by atoms with Crippen molar-refractivity contribution >= 4 is 60.7 Å². The molecule has 0 aliphatic carbocycles. The fraction of sp³-hybridized carbons (Fsp3) is 0.127. The minimum Gasteiger partial charge on any atom is -0.335 e. The largest absolute Gasteiger partial charge is 0.335 e.